The van der Waals surface area contributed by atoms with E-state index in [1.165, 1.54) is 12.0 Å². The van der Waals surface area contributed by atoms with E-state index in [-0.39, 0.29) is 18.4 Å². The minimum Gasteiger partial charge on any atom is -0.493 e. The van der Waals surface area contributed by atoms with Crippen molar-refractivity contribution < 1.29 is 19.4 Å². The zero-order chi connectivity index (χ0) is 17.4. The number of rotatable bonds is 9. The Morgan fingerprint density at radius 2 is 2.04 bits per heavy atom. The van der Waals surface area contributed by atoms with Crippen molar-refractivity contribution in [1.82, 2.24) is 5.32 Å². The summed E-state index contributed by atoms with van der Waals surface area (Å²) >= 11 is 1.68. The number of nitrogens with one attached hydrogen (secondary N) is 1. The third-order valence-corrected chi connectivity index (χ3v) is 4.88. The number of aliphatic hydroxyl groups is 1. The molecule has 0 radical (unpaired) electrons. The molecule has 5 nitrogen and oxygen atoms in total. The Balaban J connectivity index is 1.98. The van der Waals surface area contributed by atoms with Gasteiger partial charge in [-0.15, -0.1) is 11.3 Å². The third-order valence-electron chi connectivity index (χ3n) is 3.85. The van der Waals surface area contributed by atoms with Gasteiger partial charge in [-0.05, 0) is 42.3 Å². The Morgan fingerprint density at radius 3 is 2.67 bits per heavy atom. The van der Waals surface area contributed by atoms with Crippen LogP contribution in [0.4, 0.5) is 0 Å². The summed E-state index contributed by atoms with van der Waals surface area (Å²) in [6.45, 7) is 0.669. The van der Waals surface area contributed by atoms with E-state index in [0.29, 0.717) is 30.0 Å². The predicted octanol–water partition coefficient (Wildman–Crippen LogP) is 3.05. The van der Waals surface area contributed by atoms with Crippen molar-refractivity contribution >= 4 is 17.2 Å². The molecule has 0 aliphatic rings. The highest BCUT2D eigenvalue weighted by Crippen LogP contribution is 2.31. The average Bonchev–Trinajstić information content (AvgIpc) is 3.14. The second-order valence-corrected chi connectivity index (χ2v) is 6.29. The molecule has 0 aliphatic heterocycles. The van der Waals surface area contributed by atoms with Gasteiger partial charge < -0.3 is 19.9 Å². The first-order valence-electron chi connectivity index (χ1n) is 7.84. The van der Waals surface area contributed by atoms with Crippen LogP contribution in [0.5, 0.6) is 11.5 Å². The Kier molecular flexibility index (Phi) is 7.08. The number of carbonyl (C=O) groups excluding carboxylic acids is 1. The van der Waals surface area contributed by atoms with Gasteiger partial charge in [-0.25, -0.2) is 0 Å². The van der Waals surface area contributed by atoms with Gasteiger partial charge in [0, 0.05) is 18.0 Å². The quantitative estimate of drug-likeness (QED) is 0.730. The number of carbonyl (C=O) groups is 1. The summed E-state index contributed by atoms with van der Waals surface area (Å²) in [5, 5.41) is 14.2. The molecule has 1 heterocycles. The van der Waals surface area contributed by atoms with Crippen LogP contribution in [0.1, 0.15) is 34.0 Å². The van der Waals surface area contributed by atoms with Crippen LogP contribution in [0.15, 0.2) is 35.7 Å². The van der Waals surface area contributed by atoms with Crippen molar-refractivity contribution in [3.8, 4) is 11.5 Å². The minimum absolute atomic E-state index is 0.139. The summed E-state index contributed by atoms with van der Waals surface area (Å²) in [4.78, 5) is 13.7. The van der Waals surface area contributed by atoms with Crippen molar-refractivity contribution in [1.29, 1.82) is 0 Å². The molecule has 1 aromatic carbocycles. The zero-order valence-electron chi connectivity index (χ0n) is 14.0. The van der Waals surface area contributed by atoms with Gasteiger partial charge in [-0.3, -0.25) is 4.79 Å². The largest absolute Gasteiger partial charge is 0.493 e. The molecule has 6 heteroatoms. The molecule has 24 heavy (non-hydrogen) atoms. The van der Waals surface area contributed by atoms with Crippen molar-refractivity contribution in [3.63, 3.8) is 0 Å². The van der Waals surface area contributed by atoms with Crippen LogP contribution in [-0.4, -0.2) is 38.4 Å². The average molecular weight is 349 g/mol. The Labute approximate surface area is 146 Å². The fourth-order valence-electron chi connectivity index (χ4n) is 2.63. The summed E-state index contributed by atoms with van der Waals surface area (Å²) in [5.74, 6) is 1.02. The number of para-hydroxylation sites is 1. The van der Waals surface area contributed by atoms with Crippen molar-refractivity contribution in [2.75, 3.05) is 27.4 Å². The van der Waals surface area contributed by atoms with Gasteiger partial charge in [0.25, 0.3) is 5.91 Å². The SMILES string of the molecule is COc1cccc(C(=O)NCCC(CCO)c2cccs2)c1OC. The Hall–Kier alpha value is -2.05. The molecule has 0 saturated carbocycles. The van der Waals surface area contributed by atoms with Crippen LogP contribution in [0.3, 0.4) is 0 Å². The second-order valence-electron chi connectivity index (χ2n) is 5.31. The maximum absolute atomic E-state index is 12.4. The highest BCUT2D eigenvalue weighted by atomic mass is 32.1. The van der Waals surface area contributed by atoms with Gasteiger partial charge in [0.15, 0.2) is 11.5 Å². The van der Waals surface area contributed by atoms with E-state index < -0.39 is 0 Å². The van der Waals surface area contributed by atoms with Gasteiger partial charge in [-0.2, -0.15) is 0 Å². The van der Waals surface area contributed by atoms with Gasteiger partial charge in [0.2, 0.25) is 0 Å². The van der Waals surface area contributed by atoms with E-state index in [0.717, 1.165) is 6.42 Å². The van der Waals surface area contributed by atoms with Gasteiger partial charge in [-0.1, -0.05) is 12.1 Å². The Morgan fingerprint density at radius 1 is 1.21 bits per heavy atom. The van der Waals surface area contributed by atoms with Crippen LogP contribution in [0.25, 0.3) is 0 Å². The summed E-state index contributed by atoms with van der Waals surface area (Å²) in [6.07, 6.45) is 1.47. The summed E-state index contributed by atoms with van der Waals surface area (Å²) in [7, 11) is 3.06. The van der Waals surface area contributed by atoms with Crippen molar-refractivity contribution in [2.45, 2.75) is 18.8 Å². The van der Waals surface area contributed by atoms with Crippen molar-refractivity contribution in [3.05, 3.63) is 46.2 Å². The molecular weight excluding hydrogens is 326 g/mol. The maximum atomic E-state index is 12.4. The standard InChI is InChI=1S/C18H23NO4S/c1-22-15-6-3-5-14(17(15)23-2)18(21)19-10-8-13(9-11-20)16-7-4-12-24-16/h3-7,12-13,20H,8-11H2,1-2H3,(H,19,21). The Bertz CT molecular complexity index is 642. The van der Waals surface area contributed by atoms with Crippen LogP contribution in [0.2, 0.25) is 0 Å². The normalized spacial score (nSPS) is 11.8. The van der Waals surface area contributed by atoms with Crippen LogP contribution in [-0.2, 0) is 0 Å². The molecule has 2 rings (SSSR count). The molecule has 1 unspecified atom stereocenters. The van der Waals surface area contributed by atoms with Crippen LogP contribution < -0.4 is 14.8 Å². The molecular formula is C18H23NO4S. The summed E-state index contributed by atoms with van der Waals surface area (Å²) in [6, 6.07) is 9.29. The van der Waals surface area contributed by atoms with Gasteiger partial charge >= 0.3 is 0 Å². The van der Waals surface area contributed by atoms with Crippen molar-refractivity contribution in [2.24, 2.45) is 0 Å². The highest BCUT2D eigenvalue weighted by Gasteiger charge is 2.17. The molecule has 2 N–H and O–H groups in total. The number of benzene rings is 1. The number of ether oxygens (including phenoxy) is 2. The molecule has 0 bridgehead atoms. The maximum Gasteiger partial charge on any atom is 0.255 e. The first kappa shape index (κ1) is 18.3. The van der Waals surface area contributed by atoms with E-state index in [1.54, 1.807) is 36.6 Å². The first-order valence-corrected chi connectivity index (χ1v) is 8.72. The molecule has 1 aromatic heterocycles. The molecule has 1 amide bonds. The third kappa shape index (κ3) is 4.49. The second kappa shape index (κ2) is 9.30. The lowest BCUT2D eigenvalue weighted by Gasteiger charge is -2.16. The van der Waals surface area contributed by atoms with Gasteiger partial charge in [0.05, 0.1) is 19.8 Å². The highest BCUT2D eigenvalue weighted by molar-refractivity contribution is 7.10. The summed E-state index contributed by atoms with van der Waals surface area (Å²) in [5.41, 5.74) is 0.451. The molecule has 2 aromatic rings. The lowest BCUT2D eigenvalue weighted by Crippen LogP contribution is -2.26. The molecule has 0 aliphatic carbocycles. The first-order chi connectivity index (χ1) is 11.7. The fourth-order valence-corrected chi connectivity index (χ4v) is 3.53. The van der Waals surface area contributed by atoms with E-state index in [4.69, 9.17) is 9.47 Å². The number of amides is 1. The van der Waals surface area contributed by atoms with E-state index >= 15 is 0 Å². The van der Waals surface area contributed by atoms with E-state index in [1.807, 2.05) is 11.4 Å². The zero-order valence-corrected chi connectivity index (χ0v) is 14.8. The number of aliphatic hydroxyl groups excluding tert-OH is 1. The molecule has 0 spiro atoms. The molecule has 0 saturated heterocycles. The molecule has 0 fully saturated rings. The smallest absolute Gasteiger partial charge is 0.255 e. The topological polar surface area (TPSA) is 67.8 Å². The number of hydrogen-bond donors (Lipinski definition) is 2. The van der Waals surface area contributed by atoms with Crippen LogP contribution >= 0.6 is 11.3 Å². The monoisotopic (exact) mass is 349 g/mol. The minimum atomic E-state index is -0.195. The summed E-state index contributed by atoms with van der Waals surface area (Å²) < 4.78 is 10.5. The number of methoxy groups -OCH3 is 2. The van der Waals surface area contributed by atoms with Crippen LogP contribution in [0, 0.1) is 0 Å². The lowest BCUT2D eigenvalue weighted by molar-refractivity contribution is 0.0948. The fraction of sp³-hybridized carbons (Fsp3) is 0.389. The van der Waals surface area contributed by atoms with E-state index in [2.05, 4.69) is 11.4 Å². The molecule has 1 atom stereocenters. The lowest BCUT2D eigenvalue weighted by atomic mass is 10.00. The predicted molar refractivity (Wildman–Crippen MR) is 95.3 cm³/mol. The van der Waals surface area contributed by atoms with Gasteiger partial charge in [0.1, 0.15) is 0 Å². The van der Waals surface area contributed by atoms with E-state index in [9.17, 15) is 9.90 Å². The number of thiophene rings is 1. The number of hydrogen-bond acceptors (Lipinski definition) is 5. The molecule has 130 valence electrons.